The van der Waals surface area contributed by atoms with Crippen molar-refractivity contribution in [3.05, 3.63) is 34.9 Å². The molecule has 1 aromatic rings. The first-order valence-electron chi connectivity index (χ1n) is 5.84. The molecule has 0 aromatic heterocycles. The molecule has 90 valence electrons. The van der Waals surface area contributed by atoms with Gasteiger partial charge in [-0.15, -0.1) is 0 Å². The minimum atomic E-state index is -0.877. The summed E-state index contributed by atoms with van der Waals surface area (Å²) in [6, 6.07) is 7.56. The SMILES string of the molecule is NC1CCC(O)(C#Cc2cccc(Cl)c2)CC1. The maximum Gasteiger partial charge on any atom is 0.126 e. The average Bonchev–Trinajstić information content (AvgIpc) is 2.31. The lowest BCUT2D eigenvalue weighted by Gasteiger charge is -2.30. The van der Waals surface area contributed by atoms with Gasteiger partial charge in [0.15, 0.2) is 0 Å². The summed E-state index contributed by atoms with van der Waals surface area (Å²) in [4.78, 5) is 0. The maximum absolute atomic E-state index is 10.3. The molecule has 0 amide bonds. The van der Waals surface area contributed by atoms with Crippen molar-refractivity contribution in [2.45, 2.75) is 37.3 Å². The van der Waals surface area contributed by atoms with Crippen molar-refractivity contribution < 1.29 is 5.11 Å². The summed E-state index contributed by atoms with van der Waals surface area (Å²) in [5.41, 5.74) is 5.76. The van der Waals surface area contributed by atoms with Gasteiger partial charge in [-0.05, 0) is 43.9 Å². The Morgan fingerprint density at radius 2 is 2.06 bits per heavy atom. The van der Waals surface area contributed by atoms with E-state index in [0.29, 0.717) is 17.9 Å². The highest BCUT2D eigenvalue weighted by molar-refractivity contribution is 6.30. The molecule has 2 rings (SSSR count). The van der Waals surface area contributed by atoms with E-state index in [-0.39, 0.29) is 6.04 Å². The van der Waals surface area contributed by atoms with Crippen LogP contribution < -0.4 is 5.73 Å². The quantitative estimate of drug-likeness (QED) is 0.694. The van der Waals surface area contributed by atoms with Crippen LogP contribution in [0.15, 0.2) is 24.3 Å². The molecule has 17 heavy (non-hydrogen) atoms. The third kappa shape index (κ3) is 3.47. The zero-order valence-electron chi connectivity index (χ0n) is 9.62. The molecule has 1 aliphatic rings. The van der Waals surface area contributed by atoms with Gasteiger partial charge in [-0.25, -0.2) is 0 Å². The minimum absolute atomic E-state index is 0.211. The molecule has 3 N–H and O–H groups in total. The van der Waals surface area contributed by atoms with Crippen molar-refractivity contribution in [3.63, 3.8) is 0 Å². The number of halogens is 1. The number of rotatable bonds is 0. The highest BCUT2D eigenvalue weighted by atomic mass is 35.5. The Kier molecular flexibility index (Phi) is 3.73. The molecule has 0 unspecified atom stereocenters. The molecule has 0 bridgehead atoms. The van der Waals surface area contributed by atoms with Crippen molar-refractivity contribution in [3.8, 4) is 11.8 Å². The van der Waals surface area contributed by atoms with Gasteiger partial charge in [0.05, 0.1) is 0 Å². The van der Waals surface area contributed by atoms with Crippen LogP contribution in [0.5, 0.6) is 0 Å². The van der Waals surface area contributed by atoms with Crippen LogP contribution in [0, 0.1) is 11.8 Å². The topological polar surface area (TPSA) is 46.2 Å². The van der Waals surface area contributed by atoms with Gasteiger partial charge in [-0.2, -0.15) is 0 Å². The Balaban J connectivity index is 2.10. The van der Waals surface area contributed by atoms with Crippen molar-refractivity contribution >= 4 is 11.6 Å². The van der Waals surface area contributed by atoms with Crippen LogP contribution in [-0.2, 0) is 0 Å². The monoisotopic (exact) mass is 249 g/mol. The fraction of sp³-hybridized carbons (Fsp3) is 0.429. The van der Waals surface area contributed by atoms with E-state index in [4.69, 9.17) is 17.3 Å². The lowest BCUT2D eigenvalue weighted by Crippen LogP contribution is -2.37. The van der Waals surface area contributed by atoms with Crippen LogP contribution in [0.1, 0.15) is 31.2 Å². The van der Waals surface area contributed by atoms with Crippen LogP contribution in [0.4, 0.5) is 0 Å². The van der Waals surface area contributed by atoms with Gasteiger partial charge in [0, 0.05) is 16.6 Å². The summed E-state index contributed by atoms with van der Waals surface area (Å²) in [5.74, 6) is 5.94. The summed E-state index contributed by atoms with van der Waals surface area (Å²) < 4.78 is 0. The lowest BCUT2D eigenvalue weighted by atomic mass is 9.83. The second-order valence-corrected chi connectivity index (χ2v) is 5.07. The van der Waals surface area contributed by atoms with Crippen molar-refractivity contribution in [2.24, 2.45) is 5.73 Å². The van der Waals surface area contributed by atoms with Gasteiger partial charge in [0.25, 0.3) is 0 Å². The predicted molar refractivity (Wildman–Crippen MR) is 69.7 cm³/mol. The lowest BCUT2D eigenvalue weighted by molar-refractivity contribution is 0.0556. The van der Waals surface area contributed by atoms with E-state index in [0.717, 1.165) is 18.4 Å². The summed E-state index contributed by atoms with van der Waals surface area (Å²) in [6.07, 6.45) is 2.98. The van der Waals surface area contributed by atoms with Crippen LogP contribution in [0.25, 0.3) is 0 Å². The number of hydrogen-bond acceptors (Lipinski definition) is 2. The molecule has 0 spiro atoms. The van der Waals surface area contributed by atoms with Gasteiger partial charge in [-0.1, -0.05) is 29.5 Å². The van der Waals surface area contributed by atoms with E-state index in [9.17, 15) is 5.11 Å². The van der Waals surface area contributed by atoms with Crippen LogP contribution >= 0.6 is 11.6 Å². The predicted octanol–water partition coefficient (Wildman–Crippen LogP) is 2.32. The Hall–Kier alpha value is -1.01. The molecule has 0 aliphatic heterocycles. The number of hydrogen-bond donors (Lipinski definition) is 2. The molecule has 0 saturated heterocycles. The standard InChI is InChI=1S/C14H16ClNO/c15-12-3-1-2-11(10-12)4-7-14(17)8-5-13(16)6-9-14/h1-3,10,13,17H,5-6,8-9,16H2. The van der Waals surface area contributed by atoms with Gasteiger partial charge >= 0.3 is 0 Å². The normalized spacial score (nSPS) is 28.3. The van der Waals surface area contributed by atoms with Crippen molar-refractivity contribution in [1.82, 2.24) is 0 Å². The first-order chi connectivity index (χ1) is 8.07. The van der Waals surface area contributed by atoms with Gasteiger partial charge < -0.3 is 10.8 Å². The minimum Gasteiger partial charge on any atom is -0.378 e. The van der Waals surface area contributed by atoms with E-state index < -0.39 is 5.60 Å². The number of benzene rings is 1. The molecule has 0 heterocycles. The first kappa shape index (κ1) is 12.4. The van der Waals surface area contributed by atoms with Gasteiger partial charge in [-0.3, -0.25) is 0 Å². The largest absolute Gasteiger partial charge is 0.378 e. The summed E-state index contributed by atoms with van der Waals surface area (Å²) in [5, 5.41) is 10.9. The molecule has 1 saturated carbocycles. The highest BCUT2D eigenvalue weighted by Crippen LogP contribution is 2.26. The average molecular weight is 250 g/mol. The molecule has 1 aromatic carbocycles. The van der Waals surface area contributed by atoms with E-state index in [1.165, 1.54) is 0 Å². The van der Waals surface area contributed by atoms with E-state index in [2.05, 4.69) is 11.8 Å². The van der Waals surface area contributed by atoms with Crippen LogP contribution in [0.3, 0.4) is 0 Å². The summed E-state index contributed by atoms with van der Waals surface area (Å²) in [6.45, 7) is 0. The second kappa shape index (κ2) is 5.10. The number of nitrogens with two attached hydrogens (primary N) is 1. The van der Waals surface area contributed by atoms with Crippen molar-refractivity contribution in [1.29, 1.82) is 0 Å². The molecule has 1 fully saturated rings. The van der Waals surface area contributed by atoms with Gasteiger partial charge in [0.2, 0.25) is 0 Å². The van der Waals surface area contributed by atoms with Crippen LogP contribution in [-0.4, -0.2) is 16.7 Å². The molecule has 3 heteroatoms. The van der Waals surface area contributed by atoms with Crippen LogP contribution in [0.2, 0.25) is 5.02 Å². The maximum atomic E-state index is 10.3. The second-order valence-electron chi connectivity index (χ2n) is 4.63. The molecule has 0 radical (unpaired) electrons. The van der Waals surface area contributed by atoms with E-state index in [1.807, 2.05) is 12.1 Å². The Morgan fingerprint density at radius 3 is 2.71 bits per heavy atom. The van der Waals surface area contributed by atoms with E-state index in [1.54, 1.807) is 12.1 Å². The Bertz CT molecular complexity index is 453. The molecular weight excluding hydrogens is 234 g/mol. The molecular formula is C14H16ClNO. The Labute approximate surface area is 107 Å². The fourth-order valence-electron chi connectivity index (χ4n) is 2.00. The summed E-state index contributed by atoms with van der Waals surface area (Å²) in [7, 11) is 0. The molecule has 1 aliphatic carbocycles. The fourth-order valence-corrected chi connectivity index (χ4v) is 2.19. The zero-order chi connectivity index (χ0) is 12.3. The van der Waals surface area contributed by atoms with E-state index >= 15 is 0 Å². The highest BCUT2D eigenvalue weighted by Gasteiger charge is 2.29. The van der Waals surface area contributed by atoms with Gasteiger partial charge in [0.1, 0.15) is 5.60 Å². The zero-order valence-corrected chi connectivity index (χ0v) is 10.4. The Morgan fingerprint density at radius 1 is 1.35 bits per heavy atom. The smallest absolute Gasteiger partial charge is 0.126 e. The third-order valence-electron chi connectivity index (χ3n) is 3.12. The third-order valence-corrected chi connectivity index (χ3v) is 3.36. The van der Waals surface area contributed by atoms with Crippen molar-refractivity contribution in [2.75, 3.05) is 0 Å². The number of aliphatic hydroxyl groups is 1. The molecule has 0 atom stereocenters. The first-order valence-corrected chi connectivity index (χ1v) is 6.22. The molecule has 2 nitrogen and oxygen atoms in total. The summed E-state index contributed by atoms with van der Waals surface area (Å²) >= 11 is 5.87.